The lowest BCUT2D eigenvalue weighted by atomic mass is 9.70. The van der Waals surface area contributed by atoms with Crippen LogP contribution in [0.2, 0.25) is 0 Å². The SMILES string of the molecule is CC1(C)c2ccccc2-c2cc(-c3c4c(cc5ccccc35)-c3cc5c(c6cccc-4c36)-c3ccccc3C53c4ccccc4-c4ccccc43)ccc21. The van der Waals surface area contributed by atoms with E-state index >= 15 is 0 Å². The Balaban J connectivity index is 1.16. The largest absolute Gasteiger partial charge is 0.0725 e. The lowest BCUT2D eigenvalue weighted by Crippen LogP contribution is -2.25. The standard InChI is InChI=1S/C54H34/c1-53(2)43-22-9-5-18-36(43)40-29-32(26-27-44(40)53)49-33-15-4-3-14-31(33)28-41-42-30-48-51(38-20-13-21-39(50(38)42)52(41)49)37-19-8-12-25-47(37)54(48)45-23-10-6-16-34(45)35-17-7-11-24-46(35)54/h3-30H,1-2H3. The maximum atomic E-state index is 2.60. The Morgan fingerprint density at radius 2 is 0.870 bits per heavy atom. The molecule has 1 spiro atoms. The zero-order valence-electron chi connectivity index (χ0n) is 30.2. The summed E-state index contributed by atoms with van der Waals surface area (Å²) in [6.45, 7) is 4.74. The molecule has 9 aromatic carbocycles. The summed E-state index contributed by atoms with van der Waals surface area (Å²) in [4.78, 5) is 0. The van der Waals surface area contributed by atoms with Crippen molar-refractivity contribution >= 4 is 21.5 Å². The van der Waals surface area contributed by atoms with Crippen LogP contribution >= 0.6 is 0 Å². The van der Waals surface area contributed by atoms with Crippen molar-refractivity contribution in [1.82, 2.24) is 0 Å². The topological polar surface area (TPSA) is 0 Å². The molecule has 0 heteroatoms. The Kier molecular flexibility index (Phi) is 5.22. The number of hydrogen-bond acceptors (Lipinski definition) is 0. The zero-order valence-corrected chi connectivity index (χ0v) is 30.2. The Hall–Kier alpha value is -6.50. The highest BCUT2D eigenvalue weighted by Gasteiger charge is 2.52. The second-order valence-electron chi connectivity index (χ2n) is 16.3. The van der Waals surface area contributed by atoms with Crippen molar-refractivity contribution in [2.24, 2.45) is 0 Å². The van der Waals surface area contributed by atoms with Crippen molar-refractivity contribution in [2.45, 2.75) is 24.7 Å². The number of hydrogen-bond donors (Lipinski definition) is 0. The molecule has 0 nitrogen and oxygen atoms in total. The molecule has 0 unspecified atom stereocenters. The van der Waals surface area contributed by atoms with E-state index in [1.54, 1.807) is 0 Å². The predicted octanol–water partition coefficient (Wildman–Crippen LogP) is 14.0. The van der Waals surface area contributed by atoms with Gasteiger partial charge in [-0.05, 0) is 140 Å². The summed E-state index contributed by atoms with van der Waals surface area (Å²) in [6.07, 6.45) is 0. The van der Waals surface area contributed by atoms with Crippen molar-refractivity contribution in [2.75, 3.05) is 0 Å². The second-order valence-corrected chi connectivity index (χ2v) is 16.3. The molecule has 54 heavy (non-hydrogen) atoms. The van der Waals surface area contributed by atoms with Crippen molar-refractivity contribution in [3.63, 3.8) is 0 Å². The number of benzene rings is 9. The van der Waals surface area contributed by atoms with Gasteiger partial charge in [0.15, 0.2) is 0 Å². The molecule has 250 valence electrons. The van der Waals surface area contributed by atoms with Gasteiger partial charge < -0.3 is 0 Å². The van der Waals surface area contributed by atoms with Crippen molar-refractivity contribution in [3.8, 4) is 66.8 Å². The first kappa shape index (κ1) is 29.0. The van der Waals surface area contributed by atoms with Gasteiger partial charge in [0.05, 0.1) is 5.41 Å². The Bertz CT molecular complexity index is 3140. The molecular weight excluding hydrogens is 649 g/mol. The fourth-order valence-corrected chi connectivity index (χ4v) is 11.5. The van der Waals surface area contributed by atoms with E-state index in [4.69, 9.17) is 0 Å². The van der Waals surface area contributed by atoms with Gasteiger partial charge in [0, 0.05) is 5.41 Å². The molecule has 0 aliphatic heterocycles. The van der Waals surface area contributed by atoms with Gasteiger partial charge >= 0.3 is 0 Å². The molecule has 0 aromatic heterocycles. The first-order chi connectivity index (χ1) is 26.6. The van der Waals surface area contributed by atoms with E-state index in [0.29, 0.717) is 0 Å². The van der Waals surface area contributed by atoms with Gasteiger partial charge in [-0.15, -0.1) is 0 Å². The molecule has 0 atom stereocenters. The minimum Gasteiger partial charge on any atom is -0.0619 e. The van der Waals surface area contributed by atoms with Gasteiger partial charge in [0.1, 0.15) is 0 Å². The molecule has 0 heterocycles. The smallest absolute Gasteiger partial charge is 0.0619 e. The van der Waals surface area contributed by atoms with Gasteiger partial charge in [-0.25, -0.2) is 0 Å². The first-order valence-corrected chi connectivity index (χ1v) is 19.3. The molecule has 13 rings (SSSR count). The summed E-state index contributed by atoms with van der Waals surface area (Å²) >= 11 is 0. The Morgan fingerprint density at radius 1 is 0.315 bits per heavy atom. The van der Waals surface area contributed by atoms with Crippen LogP contribution in [0.15, 0.2) is 170 Å². The van der Waals surface area contributed by atoms with E-state index in [1.807, 2.05) is 0 Å². The zero-order chi connectivity index (χ0) is 35.5. The summed E-state index contributed by atoms with van der Waals surface area (Å²) in [5.74, 6) is 0. The molecular formula is C54H34. The maximum Gasteiger partial charge on any atom is 0.0725 e. The lowest BCUT2D eigenvalue weighted by Gasteiger charge is -2.30. The summed E-state index contributed by atoms with van der Waals surface area (Å²) in [6, 6.07) is 65.0. The van der Waals surface area contributed by atoms with Crippen LogP contribution in [0.3, 0.4) is 0 Å². The molecule has 4 aliphatic rings. The molecule has 4 aliphatic carbocycles. The molecule has 0 saturated carbocycles. The van der Waals surface area contributed by atoms with Crippen LogP contribution in [-0.4, -0.2) is 0 Å². The van der Waals surface area contributed by atoms with E-state index in [9.17, 15) is 0 Å². The molecule has 0 bridgehead atoms. The predicted molar refractivity (Wildman–Crippen MR) is 225 cm³/mol. The van der Waals surface area contributed by atoms with Gasteiger partial charge in [-0.3, -0.25) is 0 Å². The third-order valence-electron chi connectivity index (χ3n) is 13.6. The van der Waals surface area contributed by atoms with E-state index in [1.165, 1.54) is 122 Å². The van der Waals surface area contributed by atoms with Crippen molar-refractivity contribution in [3.05, 3.63) is 203 Å². The van der Waals surface area contributed by atoms with Gasteiger partial charge in [-0.1, -0.05) is 166 Å². The minimum atomic E-state index is -0.386. The highest BCUT2D eigenvalue weighted by atomic mass is 14.5. The lowest BCUT2D eigenvalue weighted by molar-refractivity contribution is 0.660. The number of fused-ring (bicyclic) bond motifs is 18. The molecule has 0 N–H and O–H groups in total. The van der Waals surface area contributed by atoms with Crippen LogP contribution in [0.5, 0.6) is 0 Å². The van der Waals surface area contributed by atoms with E-state index in [2.05, 4.69) is 184 Å². The fourth-order valence-electron chi connectivity index (χ4n) is 11.5. The van der Waals surface area contributed by atoms with Crippen LogP contribution < -0.4 is 0 Å². The van der Waals surface area contributed by atoms with Crippen LogP contribution in [0, 0.1) is 0 Å². The van der Waals surface area contributed by atoms with Crippen LogP contribution in [-0.2, 0) is 10.8 Å². The first-order valence-electron chi connectivity index (χ1n) is 19.3. The Labute approximate surface area is 315 Å². The highest BCUT2D eigenvalue weighted by Crippen LogP contribution is 2.66. The summed E-state index contributed by atoms with van der Waals surface area (Å²) < 4.78 is 0. The van der Waals surface area contributed by atoms with Gasteiger partial charge in [-0.2, -0.15) is 0 Å². The average molecular weight is 683 g/mol. The van der Waals surface area contributed by atoms with Crippen molar-refractivity contribution < 1.29 is 0 Å². The van der Waals surface area contributed by atoms with Crippen LogP contribution in [0.1, 0.15) is 47.2 Å². The average Bonchev–Trinajstić information content (AvgIpc) is 3.88. The van der Waals surface area contributed by atoms with E-state index < -0.39 is 0 Å². The fraction of sp³-hybridized carbons (Fsp3) is 0.0741. The minimum absolute atomic E-state index is 0.0305. The third-order valence-corrected chi connectivity index (χ3v) is 13.6. The van der Waals surface area contributed by atoms with Crippen molar-refractivity contribution in [1.29, 1.82) is 0 Å². The van der Waals surface area contributed by atoms with Crippen LogP contribution in [0.4, 0.5) is 0 Å². The van der Waals surface area contributed by atoms with Crippen LogP contribution in [0.25, 0.3) is 88.3 Å². The summed E-state index contributed by atoms with van der Waals surface area (Å²) in [7, 11) is 0. The van der Waals surface area contributed by atoms with Gasteiger partial charge in [0.2, 0.25) is 0 Å². The maximum absolute atomic E-state index is 2.60. The van der Waals surface area contributed by atoms with E-state index in [0.717, 1.165) is 0 Å². The third kappa shape index (κ3) is 3.21. The molecule has 0 saturated heterocycles. The monoisotopic (exact) mass is 682 g/mol. The quantitative estimate of drug-likeness (QED) is 0.162. The second kappa shape index (κ2) is 9.72. The highest BCUT2D eigenvalue weighted by molar-refractivity contribution is 6.26. The van der Waals surface area contributed by atoms with Gasteiger partial charge in [0.25, 0.3) is 0 Å². The summed E-state index contributed by atoms with van der Waals surface area (Å²) in [5.41, 5.74) is 24.1. The molecule has 9 aromatic rings. The molecule has 0 fully saturated rings. The molecule has 0 amide bonds. The summed E-state index contributed by atoms with van der Waals surface area (Å²) in [5, 5.41) is 5.31. The Morgan fingerprint density at radius 3 is 1.61 bits per heavy atom. The normalized spacial score (nSPS) is 15.1. The molecule has 0 radical (unpaired) electrons. The van der Waals surface area contributed by atoms with E-state index in [-0.39, 0.29) is 10.8 Å². The number of rotatable bonds is 1.